The summed E-state index contributed by atoms with van der Waals surface area (Å²) in [7, 11) is 1.26. The van der Waals surface area contributed by atoms with E-state index in [0.29, 0.717) is 31.4 Å². The summed E-state index contributed by atoms with van der Waals surface area (Å²) in [6.07, 6.45) is 2.22. The fourth-order valence-electron chi connectivity index (χ4n) is 6.39. The first-order valence-corrected chi connectivity index (χ1v) is 18.0. The van der Waals surface area contributed by atoms with Gasteiger partial charge in [0, 0.05) is 11.5 Å². The Bertz CT molecular complexity index is 1880. The van der Waals surface area contributed by atoms with Gasteiger partial charge in [0.25, 0.3) is 11.8 Å². The summed E-state index contributed by atoms with van der Waals surface area (Å²) in [5.74, 6) is -4.46. The second kappa shape index (κ2) is 18.0. The number of ether oxygens (including phenoxy) is 2. The Balaban J connectivity index is 1.45. The molecule has 13 nitrogen and oxygen atoms in total. The van der Waals surface area contributed by atoms with E-state index >= 15 is 0 Å². The minimum absolute atomic E-state index is 0.0478. The third-order valence-electron chi connectivity index (χ3n) is 8.94. The zero-order valence-corrected chi connectivity index (χ0v) is 31.7. The average Bonchev–Trinajstić information content (AvgIpc) is 3.48. The number of aryl methyl sites for hydroxylation is 1. The van der Waals surface area contributed by atoms with Gasteiger partial charge in [0.1, 0.15) is 11.6 Å². The van der Waals surface area contributed by atoms with Crippen molar-refractivity contribution >= 4 is 41.3 Å². The van der Waals surface area contributed by atoms with Gasteiger partial charge in [-0.05, 0) is 123 Å². The van der Waals surface area contributed by atoms with Crippen LogP contribution in [0.2, 0.25) is 0 Å². The van der Waals surface area contributed by atoms with E-state index in [4.69, 9.17) is 15.2 Å². The molecule has 0 spiro atoms. The standard InChI is InChI=1S/C41H50N4O9/c1-24(2)18-34(39(50)51)43-37(48)28(22-36(47)54-41(3,4)5)9-7-8-25-10-16-32-29(19-25)20-30-21-31(15-17-33(30)32)45(35(46)23-42)44-38(49)26-11-13-27(14-12-26)40(52)53-6/h10-17,19,21,24,28,34H,7-9,18,20,22-23,42H2,1-6H3,(H,43,48)(H,44,49)(H,50,51)/t28-,34+/m1/s1. The fourth-order valence-corrected chi connectivity index (χ4v) is 6.39. The molecule has 13 heteroatoms. The van der Waals surface area contributed by atoms with Crippen LogP contribution in [0.25, 0.3) is 11.1 Å². The molecule has 0 saturated carbocycles. The number of fused-ring (bicyclic) bond motifs is 3. The molecule has 4 rings (SSSR count). The first kappa shape index (κ1) is 41.2. The number of benzene rings is 3. The summed E-state index contributed by atoms with van der Waals surface area (Å²) in [5, 5.41) is 13.4. The number of amides is 3. The van der Waals surface area contributed by atoms with Crippen molar-refractivity contribution in [3.8, 4) is 11.1 Å². The topological polar surface area (TPSA) is 194 Å². The molecule has 3 amide bonds. The predicted molar refractivity (Wildman–Crippen MR) is 202 cm³/mol. The Morgan fingerprint density at radius 1 is 0.907 bits per heavy atom. The number of rotatable bonds is 15. The van der Waals surface area contributed by atoms with Gasteiger partial charge in [-0.3, -0.25) is 24.6 Å². The molecule has 0 aliphatic heterocycles. The lowest BCUT2D eigenvalue weighted by Crippen LogP contribution is -2.49. The second-order valence-corrected chi connectivity index (χ2v) is 14.9. The number of carbonyl (C=O) groups excluding carboxylic acids is 5. The maximum Gasteiger partial charge on any atom is 0.337 e. The lowest BCUT2D eigenvalue weighted by molar-refractivity contribution is -0.157. The predicted octanol–water partition coefficient (Wildman–Crippen LogP) is 4.97. The molecule has 3 aromatic rings. The van der Waals surface area contributed by atoms with Crippen LogP contribution in [-0.4, -0.2) is 66.0 Å². The number of nitrogens with one attached hydrogen (secondary N) is 2. The minimum Gasteiger partial charge on any atom is -0.480 e. The molecule has 1 aliphatic rings. The molecule has 288 valence electrons. The van der Waals surface area contributed by atoms with Crippen LogP contribution in [0.4, 0.5) is 5.69 Å². The molecule has 0 fully saturated rings. The molecule has 0 bridgehead atoms. The second-order valence-electron chi connectivity index (χ2n) is 14.9. The number of aliphatic carboxylic acids is 1. The molecule has 3 aromatic carbocycles. The molecule has 0 saturated heterocycles. The van der Waals surface area contributed by atoms with Gasteiger partial charge in [0.2, 0.25) is 5.91 Å². The van der Waals surface area contributed by atoms with Gasteiger partial charge in [-0.15, -0.1) is 0 Å². The van der Waals surface area contributed by atoms with Crippen molar-refractivity contribution < 1.29 is 43.3 Å². The number of nitrogens with zero attached hydrogens (tertiary/aromatic N) is 1. The number of hydrogen-bond acceptors (Lipinski definition) is 9. The van der Waals surface area contributed by atoms with Gasteiger partial charge in [0.05, 0.1) is 31.3 Å². The maximum atomic E-state index is 13.3. The maximum absolute atomic E-state index is 13.3. The summed E-state index contributed by atoms with van der Waals surface area (Å²) < 4.78 is 10.2. The van der Waals surface area contributed by atoms with Crippen molar-refractivity contribution in [2.24, 2.45) is 17.6 Å². The van der Waals surface area contributed by atoms with Crippen LogP contribution in [0.1, 0.15) is 97.7 Å². The van der Waals surface area contributed by atoms with E-state index in [-0.39, 0.29) is 36.4 Å². The number of methoxy groups -OCH3 is 1. The van der Waals surface area contributed by atoms with Crippen LogP contribution in [0.15, 0.2) is 60.7 Å². The van der Waals surface area contributed by atoms with Crippen molar-refractivity contribution in [1.82, 2.24) is 10.7 Å². The van der Waals surface area contributed by atoms with Crippen LogP contribution in [0.5, 0.6) is 0 Å². The highest BCUT2D eigenvalue weighted by molar-refractivity contribution is 6.03. The molecular formula is C41H50N4O9. The van der Waals surface area contributed by atoms with E-state index in [1.54, 1.807) is 26.8 Å². The van der Waals surface area contributed by atoms with Crippen LogP contribution < -0.4 is 21.5 Å². The largest absolute Gasteiger partial charge is 0.480 e. The van der Waals surface area contributed by atoms with Gasteiger partial charge in [-0.25, -0.2) is 14.6 Å². The molecular weight excluding hydrogens is 692 g/mol. The molecule has 0 unspecified atom stereocenters. The van der Waals surface area contributed by atoms with Gasteiger partial charge < -0.3 is 25.6 Å². The highest BCUT2D eigenvalue weighted by Gasteiger charge is 2.30. The number of carbonyl (C=O) groups is 6. The normalized spacial score (nSPS) is 12.9. The number of anilines is 1. The van der Waals surface area contributed by atoms with E-state index < -0.39 is 53.2 Å². The van der Waals surface area contributed by atoms with E-state index in [1.807, 2.05) is 38.1 Å². The lowest BCUT2D eigenvalue weighted by atomic mass is 9.93. The molecule has 54 heavy (non-hydrogen) atoms. The van der Waals surface area contributed by atoms with Crippen molar-refractivity contribution in [2.75, 3.05) is 18.7 Å². The smallest absolute Gasteiger partial charge is 0.337 e. The van der Waals surface area contributed by atoms with Gasteiger partial charge in [-0.1, -0.05) is 38.1 Å². The number of esters is 2. The molecule has 1 aliphatic carbocycles. The molecule has 0 heterocycles. The fraction of sp³-hybridized carbons (Fsp3) is 0.415. The van der Waals surface area contributed by atoms with Gasteiger partial charge in [-0.2, -0.15) is 0 Å². The number of hydrazine groups is 1. The monoisotopic (exact) mass is 742 g/mol. The molecule has 0 aromatic heterocycles. The number of carboxylic acid groups (broad SMARTS) is 1. The van der Waals surface area contributed by atoms with Gasteiger partial charge in [0.15, 0.2) is 0 Å². The number of carboxylic acids is 1. The summed E-state index contributed by atoms with van der Waals surface area (Å²) in [6, 6.07) is 16.4. The average molecular weight is 743 g/mol. The highest BCUT2D eigenvalue weighted by atomic mass is 16.6. The zero-order valence-electron chi connectivity index (χ0n) is 31.7. The Morgan fingerprint density at radius 3 is 2.13 bits per heavy atom. The zero-order chi connectivity index (χ0) is 39.7. The molecule has 2 atom stereocenters. The number of hydrogen-bond donors (Lipinski definition) is 4. The first-order valence-electron chi connectivity index (χ1n) is 18.0. The van der Waals surface area contributed by atoms with E-state index in [0.717, 1.165) is 32.8 Å². The lowest BCUT2D eigenvalue weighted by Gasteiger charge is -2.24. The van der Waals surface area contributed by atoms with Crippen molar-refractivity contribution in [2.45, 2.75) is 84.8 Å². The van der Waals surface area contributed by atoms with Gasteiger partial charge >= 0.3 is 17.9 Å². The summed E-state index contributed by atoms with van der Waals surface area (Å²) in [4.78, 5) is 75.7. The van der Waals surface area contributed by atoms with Crippen molar-refractivity contribution in [3.05, 3.63) is 88.5 Å². The van der Waals surface area contributed by atoms with E-state index in [2.05, 4.69) is 16.8 Å². The van der Waals surface area contributed by atoms with Crippen molar-refractivity contribution in [3.63, 3.8) is 0 Å². The van der Waals surface area contributed by atoms with Crippen LogP contribution in [0, 0.1) is 11.8 Å². The summed E-state index contributed by atoms with van der Waals surface area (Å²) >= 11 is 0. The van der Waals surface area contributed by atoms with E-state index in [9.17, 15) is 33.9 Å². The minimum atomic E-state index is -1.12. The van der Waals surface area contributed by atoms with Crippen LogP contribution in [-0.2, 0) is 41.5 Å². The van der Waals surface area contributed by atoms with Crippen molar-refractivity contribution in [1.29, 1.82) is 0 Å². The van der Waals surface area contributed by atoms with Crippen LogP contribution in [0.3, 0.4) is 0 Å². The Kier molecular flexibility index (Phi) is 13.7. The Hall–Kier alpha value is -5.56. The quantitative estimate of drug-likeness (QED) is 0.0955. The third-order valence-corrected chi connectivity index (χ3v) is 8.94. The van der Waals surface area contributed by atoms with Crippen LogP contribution >= 0.6 is 0 Å². The molecule has 0 radical (unpaired) electrons. The first-order chi connectivity index (χ1) is 25.5. The Labute approximate surface area is 315 Å². The summed E-state index contributed by atoms with van der Waals surface area (Å²) in [5.41, 5.74) is 13.6. The Morgan fingerprint density at radius 2 is 1.54 bits per heavy atom. The number of nitrogens with two attached hydrogens (primary N) is 1. The molecule has 5 N–H and O–H groups in total. The third kappa shape index (κ3) is 11.0. The summed E-state index contributed by atoms with van der Waals surface area (Å²) in [6.45, 7) is 8.66. The SMILES string of the molecule is COC(=O)c1ccc(C(=O)NN(C(=O)CN)c2ccc3c(c2)Cc2cc(CCC[C@H](CC(=O)OC(C)(C)C)C(=O)N[C@@H](CC(C)C)C(=O)O)ccc2-3)cc1. The van der Waals surface area contributed by atoms with E-state index in [1.165, 1.54) is 31.4 Å². The highest BCUT2D eigenvalue weighted by Crippen LogP contribution is 2.39.